The van der Waals surface area contributed by atoms with Crippen molar-refractivity contribution in [2.45, 2.75) is 31.1 Å². The van der Waals surface area contributed by atoms with Crippen LogP contribution >= 0.6 is 0 Å². The molecule has 2 aromatic carbocycles. The second-order valence-corrected chi connectivity index (χ2v) is 10.5. The highest BCUT2D eigenvalue weighted by molar-refractivity contribution is 7.92. The molecule has 1 heterocycles. The van der Waals surface area contributed by atoms with Gasteiger partial charge in [-0.05, 0) is 55.5 Å². The number of benzene rings is 2. The van der Waals surface area contributed by atoms with E-state index in [2.05, 4.69) is 4.72 Å². The van der Waals surface area contributed by atoms with Crippen LogP contribution in [-0.4, -0.2) is 35.7 Å². The Bertz CT molecular complexity index is 1070. The van der Waals surface area contributed by atoms with Gasteiger partial charge in [-0.25, -0.2) is 25.9 Å². The molecule has 0 radical (unpaired) electrons. The average Bonchev–Trinajstić information content (AvgIpc) is 2.63. The third-order valence-electron chi connectivity index (χ3n) is 4.74. The van der Waals surface area contributed by atoms with Crippen molar-refractivity contribution < 1.29 is 21.2 Å². The molecule has 152 valence electrons. The van der Waals surface area contributed by atoms with Crippen LogP contribution in [-0.2, 0) is 26.5 Å². The summed E-state index contributed by atoms with van der Waals surface area (Å²) in [6.07, 6.45) is 1.55. The minimum Gasteiger partial charge on any atom is -0.270 e. The Balaban J connectivity index is 1.80. The molecule has 1 aliphatic heterocycles. The van der Waals surface area contributed by atoms with Crippen LogP contribution in [0.25, 0.3) is 0 Å². The number of nitrogens with one attached hydrogen (secondary N) is 1. The SMILES string of the molecule is Cc1ccc(N2CCCCS2(=O)=O)cc1S(=O)(=O)NCCc1ccccc1F. The molecule has 0 aliphatic carbocycles. The molecule has 1 saturated heterocycles. The average molecular weight is 427 g/mol. The van der Waals surface area contributed by atoms with Crippen LogP contribution in [0.2, 0.25) is 0 Å². The summed E-state index contributed by atoms with van der Waals surface area (Å²) in [5, 5.41) is 0. The zero-order valence-corrected chi connectivity index (χ0v) is 17.2. The number of hydrogen-bond donors (Lipinski definition) is 1. The lowest BCUT2D eigenvalue weighted by Crippen LogP contribution is -2.38. The fraction of sp³-hybridized carbons (Fsp3) is 0.368. The van der Waals surface area contributed by atoms with Gasteiger partial charge in [0.2, 0.25) is 20.0 Å². The molecule has 3 rings (SSSR count). The first kappa shape index (κ1) is 20.8. The largest absolute Gasteiger partial charge is 0.270 e. The molecule has 1 N–H and O–H groups in total. The molecule has 0 amide bonds. The van der Waals surface area contributed by atoms with Crippen molar-refractivity contribution in [2.24, 2.45) is 0 Å². The molecule has 0 bridgehead atoms. The van der Waals surface area contributed by atoms with Gasteiger partial charge in [0.1, 0.15) is 5.82 Å². The molecule has 28 heavy (non-hydrogen) atoms. The molecule has 0 spiro atoms. The predicted molar refractivity (Wildman–Crippen MR) is 107 cm³/mol. The number of halogens is 1. The van der Waals surface area contributed by atoms with Crippen molar-refractivity contribution in [3.63, 3.8) is 0 Å². The van der Waals surface area contributed by atoms with E-state index in [-0.39, 0.29) is 29.4 Å². The van der Waals surface area contributed by atoms with Crippen molar-refractivity contribution in [1.82, 2.24) is 4.72 Å². The summed E-state index contributed by atoms with van der Waals surface area (Å²) in [6.45, 7) is 2.03. The molecule has 2 aromatic rings. The van der Waals surface area contributed by atoms with E-state index < -0.39 is 20.0 Å². The first-order valence-corrected chi connectivity index (χ1v) is 12.1. The topological polar surface area (TPSA) is 83.6 Å². The Morgan fingerprint density at radius 1 is 1.14 bits per heavy atom. The number of hydrogen-bond acceptors (Lipinski definition) is 4. The van der Waals surface area contributed by atoms with E-state index in [1.165, 1.54) is 16.4 Å². The second-order valence-electron chi connectivity index (χ2n) is 6.78. The standard InChI is InChI=1S/C19H23FN2O4S2/c1-15-8-9-17(22-12-4-5-13-27(22,23)24)14-19(15)28(25,26)21-11-10-16-6-2-3-7-18(16)20/h2-3,6-9,14,21H,4-5,10-13H2,1H3. The highest BCUT2D eigenvalue weighted by Gasteiger charge is 2.27. The highest BCUT2D eigenvalue weighted by atomic mass is 32.2. The molecule has 9 heteroatoms. The smallest absolute Gasteiger partial charge is 0.240 e. The van der Waals surface area contributed by atoms with E-state index in [1.807, 2.05) is 0 Å². The summed E-state index contributed by atoms with van der Waals surface area (Å²) >= 11 is 0. The van der Waals surface area contributed by atoms with Gasteiger partial charge in [0, 0.05) is 13.1 Å². The van der Waals surface area contributed by atoms with E-state index in [9.17, 15) is 21.2 Å². The van der Waals surface area contributed by atoms with E-state index in [1.54, 1.807) is 37.3 Å². The number of anilines is 1. The molecular weight excluding hydrogens is 403 g/mol. The van der Waals surface area contributed by atoms with Crippen molar-refractivity contribution in [3.05, 3.63) is 59.4 Å². The molecule has 0 saturated carbocycles. The number of aryl methyl sites for hydroxylation is 1. The Kier molecular flexibility index (Phi) is 6.07. The predicted octanol–water partition coefficient (Wildman–Crippen LogP) is 2.59. The maximum absolute atomic E-state index is 13.7. The zero-order chi connectivity index (χ0) is 20.4. The highest BCUT2D eigenvalue weighted by Crippen LogP contribution is 2.27. The van der Waals surface area contributed by atoms with Crippen LogP contribution in [0.5, 0.6) is 0 Å². The third kappa shape index (κ3) is 4.53. The fourth-order valence-electron chi connectivity index (χ4n) is 3.21. The summed E-state index contributed by atoms with van der Waals surface area (Å²) in [5.74, 6) is -0.320. The number of sulfonamides is 2. The summed E-state index contributed by atoms with van der Waals surface area (Å²) in [7, 11) is -7.30. The van der Waals surface area contributed by atoms with Crippen molar-refractivity contribution in [2.75, 3.05) is 23.1 Å². The van der Waals surface area contributed by atoms with Gasteiger partial charge in [0.25, 0.3) is 0 Å². The molecule has 0 atom stereocenters. The van der Waals surface area contributed by atoms with Gasteiger partial charge < -0.3 is 0 Å². The Hall–Kier alpha value is -1.97. The third-order valence-corrected chi connectivity index (χ3v) is 8.22. The van der Waals surface area contributed by atoms with Gasteiger partial charge in [-0.15, -0.1) is 0 Å². The minimum atomic E-state index is -3.87. The van der Waals surface area contributed by atoms with Crippen LogP contribution in [0, 0.1) is 12.7 Å². The van der Waals surface area contributed by atoms with Crippen molar-refractivity contribution in [3.8, 4) is 0 Å². The van der Waals surface area contributed by atoms with Gasteiger partial charge in [0.15, 0.2) is 0 Å². The first-order chi connectivity index (χ1) is 13.2. The van der Waals surface area contributed by atoms with Gasteiger partial charge in [-0.3, -0.25) is 4.31 Å². The summed E-state index contributed by atoms with van der Waals surface area (Å²) in [5.41, 5.74) is 1.28. The van der Waals surface area contributed by atoms with Crippen LogP contribution in [0.1, 0.15) is 24.0 Å². The van der Waals surface area contributed by atoms with Crippen LogP contribution < -0.4 is 9.03 Å². The monoisotopic (exact) mass is 426 g/mol. The molecule has 0 aromatic heterocycles. The van der Waals surface area contributed by atoms with Crippen LogP contribution in [0.3, 0.4) is 0 Å². The number of rotatable bonds is 6. The van der Waals surface area contributed by atoms with E-state index in [0.29, 0.717) is 29.8 Å². The van der Waals surface area contributed by atoms with Crippen LogP contribution in [0.15, 0.2) is 47.4 Å². The Labute approximate surface area is 165 Å². The maximum atomic E-state index is 13.7. The second kappa shape index (κ2) is 8.18. The molecule has 1 fully saturated rings. The molecule has 0 unspecified atom stereocenters. The number of nitrogens with zero attached hydrogens (tertiary/aromatic N) is 1. The quantitative estimate of drug-likeness (QED) is 0.770. The van der Waals surface area contributed by atoms with E-state index in [4.69, 9.17) is 0 Å². The molecule has 1 aliphatic rings. The molecular formula is C19H23FN2O4S2. The zero-order valence-electron chi connectivity index (χ0n) is 15.6. The van der Waals surface area contributed by atoms with Gasteiger partial charge in [-0.1, -0.05) is 24.3 Å². The van der Waals surface area contributed by atoms with Gasteiger partial charge >= 0.3 is 0 Å². The van der Waals surface area contributed by atoms with Crippen molar-refractivity contribution in [1.29, 1.82) is 0 Å². The lowest BCUT2D eigenvalue weighted by Gasteiger charge is -2.28. The molecule has 6 nitrogen and oxygen atoms in total. The van der Waals surface area contributed by atoms with Gasteiger partial charge in [0.05, 0.1) is 16.3 Å². The first-order valence-electron chi connectivity index (χ1n) is 9.05. The normalized spacial score (nSPS) is 16.9. The lowest BCUT2D eigenvalue weighted by molar-refractivity contribution is 0.572. The van der Waals surface area contributed by atoms with E-state index in [0.717, 1.165) is 6.42 Å². The Morgan fingerprint density at radius 3 is 2.61 bits per heavy atom. The lowest BCUT2D eigenvalue weighted by atomic mass is 10.1. The summed E-state index contributed by atoms with van der Waals surface area (Å²) < 4.78 is 67.6. The van der Waals surface area contributed by atoms with Crippen molar-refractivity contribution >= 4 is 25.7 Å². The fourth-order valence-corrected chi connectivity index (χ4v) is 6.14. The summed E-state index contributed by atoms with van der Waals surface area (Å²) in [4.78, 5) is 0.0271. The minimum absolute atomic E-state index is 0.0271. The van der Waals surface area contributed by atoms with E-state index >= 15 is 0 Å². The Morgan fingerprint density at radius 2 is 1.89 bits per heavy atom. The summed E-state index contributed by atoms with van der Waals surface area (Å²) in [6, 6.07) is 10.8. The maximum Gasteiger partial charge on any atom is 0.240 e. The van der Waals surface area contributed by atoms with Crippen LogP contribution in [0.4, 0.5) is 10.1 Å². The van der Waals surface area contributed by atoms with Gasteiger partial charge in [-0.2, -0.15) is 0 Å².